The van der Waals surface area contributed by atoms with Crippen molar-refractivity contribution >= 4 is 33.8 Å². The van der Waals surface area contributed by atoms with E-state index >= 15 is 0 Å². The van der Waals surface area contributed by atoms with E-state index in [4.69, 9.17) is 0 Å². The van der Waals surface area contributed by atoms with Crippen LogP contribution in [0.25, 0.3) is 0 Å². The molecule has 7 heteroatoms. The van der Waals surface area contributed by atoms with Crippen LogP contribution in [0.4, 0.5) is 5.69 Å². The number of anilines is 1. The molecular weight excluding hydrogens is 384 g/mol. The van der Waals surface area contributed by atoms with Crippen molar-refractivity contribution in [1.29, 1.82) is 0 Å². The summed E-state index contributed by atoms with van der Waals surface area (Å²) in [6, 6.07) is 15.5. The van der Waals surface area contributed by atoms with Crippen molar-refractivity contribution in [3.05, 3.63) is 60.2 Å². The van der Waals surface area contributed by atoms with E-state index in [1.807, 2.05) is 0 Å². The Morgan fingerprint density at radius 3 is 2.59 bits per heavy atom. The summed E-state index contributed by atoms with van der Waals surface area (Å²) in [6.45, 7) is 2.02. The molecule has 0 spiro atoms. The smallest absolute Gasteiger partial charge is 0.224 e. The first-order valence-corrected chi connectivity index (χ1v) is 10.6. The molecule has 1 fully saturated rings. The number of halogens is 1. The lowest BCUT2D eigenvalue weighted by atomic mass is 10.0. The Bertz CT molecular complexity index is 851. The van der Waals surface area contributed by atoms with Crippen molar-refractivity contribution in [3.8, 4) is 0 Å². The quantitative estimate of drug-likeness (QED) is 0.736. The Morgan fingerprint density at radius 1 is 1.11 bits per heavy atom. The molecule has 0 saturated carbocycles. The molecule has 2 aromatic rings. The summed E-state index contributed by atoms with van der Waals surface area (Å²) in [4.78, 5) is 12.4. The van der Waals surface area contributed by atoms with Gasteiger partial charge in [0.2, 0.25) is 5.91 Å². The van der Waals surface area contributed by atoms with Gasteiger partial charge in [-0.05, 0) is 61.7 Å². The Hall–Kier alpha value is -1.89. The second-order valence-corrected chi connectivity index (χ2v) is 8.71. The van der Waals surface area contributed by atoms with Crippen LogP contribution in [0.5, 0.6) is 0 Å². The highest BCUT2D eigenvalue weighted by atomic mass is 35.5. The third-order valence-corrected chi connectivity index (χ3v) is 6.32. The highest BCUT2D eigenvalue weighted by Crippen LogP contribution is 2.19. The number of amides is 1. The zero-order chi connectivity index (χ0) is 18.4. The number of rotatable bonds is 7. The van der Waals surface area contributed by atoms with Gasteiger partial charge in [0.25, 0.3) is 0 Å². The molecule has 1 unspecified atom stereocenters. The molecule has 0 aliphatic carbocycles. The molecule has 1 atom stereocenters. The third-order valence-electron chi connectivity index (χ3n) is 4.61. The van der Waals surface area contributed by atoms with Crippen LogP contribution in [-0.2, 0) is 20.4 Å². The molecule has 0 aromatic heterocycles. The van der Waals surface area contributed by atoms with Crippen LogP contribution in [0, 0.1) is 5.92 Å². The summed E-state index contributed by atoms with van der Waals surface area (Å²) in [5, 5.41) is 6.18. The molecule has 1 heterocycles. The third kappa shape index (κ3) is 6.34. The van der Waals surface area contributed by atoms with Crippen LogP contribution in [0.2, 0.25) is 0 Å². The second kappa shape index (κ2) is 9.88. The summed E-state index contributed by atoms with van der Waals surface area (Å²) in [7, 11) is -3.40. The van der Waals surface area contributed by atoms with E-state index in [-0.39, 0.29) is 24.1 Å². The predicted molar refractivity (Wildman–Crippen MR) is 110 cm³/mol. The van der Waals surface area contributed by atoms with Gasteiger partial charge in [-0.15, -0.1) is 12.4 Å². The van der Waals surface area contributed by atoms with Crippen LogP contribution >= 0.6 is 12.4 Å². The molecule has 1 saturated heterocycles. The Balaban J connectivity index is 0.00000261. The molecule has 27 heavy (non-hydrogen) atoms. The average molecular weight is 409 g/mol. The van der Waals surface area contributed by atoms with Gasteiger partial charge in [-0.2, -0.15) is 0 Å². The van der Waals surface area contributed by atoms with Gasteiger partial charge in [0.1, 0.15) is 0 Å². The minimum atomic E-state index is -3.40. The predicted octanol–water partition coefficient (Wildman–Crippen LogP) is 3.41. The van der Waals surface area contributed by atoms with Gasteiger partial charge < -0.3 is 10.6 Å². The fraction of sp³-hybridized carbons (Fsp3) is 0.350. The molecule has 0 bridgehead atoms. The molecule has 0 radical (unpaired) electrons. The summed E-state index contributed by atoms with van der Waals surface area (Å²) in [6.07, 6.45) is 2.49. The molecule has 1 aliphatic heterocycles. The molecule has 3 rings (SSSR count). The number of carbonyl (C=O) groups is 1. The summed E-state index contributed by atoms with van der Waals surface area (Å²) < 4.78 is 25.0. The van der Waals surface area contributed by atoms with E-state index in [2.05, 4.69) is 10.6 Å². The maximum atomic E-state index is 12.5. The molecule has 1 aliphatic rings. The summed E-state index contributed by atoms with van der Waals surface area (Å²) in [5.74, 6) is 0.456. The number of sulfone groups is 1. The van der Waals surface area contributed by atoms with Gasteiger partial charge in [-0.25, -0.2) is 8.42 Å². The van der Waals surface area contributed by atoms with E-state index in [1.54, 1.807) is 54.6 Å². The van der Waals surface area contributed by atoms with Crippen LogP contribution in [0.1, 0.15) is 24.8 Å². The number of benzene rings is 2. The van der Waals surface area contributed by atoms with Gasteiger partial charge in [0.15, 0.2) is 9.84 Å². The van der Waals surface area contributed by atoms with E-state index in [0.717, 1.165) is 25.9 Å². The molecule has 1 amide bonds. The first kappa shape index (κ1) is 21.4. The minimum absolute atomic E-state index is 0. The van der Waals surface area contributed by atoms with Gasteiger partial charge in [0, 0.05) is 12.1 Å². The standard InChI is InChI=1S/C20H24N2O3S.ClH/c23-20(10-9-16-11-12-21-14-16)22-18-6-4-5-17(13-18)15-26(24,25)19-7-2-1-3-8-19;/h1-8,13,16,21H,9-12,14-15H2,(H,22,23);1H. The highest BCUT2D eigenvalue weighted by Gasteiger charge is 2.17. The van der Waals surface area contributed by atoms with Crippen molar-refractivity contribution in [3.63, 3.8) is 0 Å². The summed E-state index contributed by atoms with van der Waals surface area (Å²) >= 11 is 0. The maximum Gasteiger partial charge on any atom is 0.224 e. The Labute approximate surface area is 166 Å². The zero-order valence-corrected chi connectivity index (χ0v) is 16.7. The van der Waals surface area contributed by atoms with E-state index < -0.39 is 9.84 Å². The number of hydrogen-bond donors (Lipinski definition) is 2. The van der Waals surface area contributed by atoms with Crippen LogP contribution in [0.3, 0.4) is 0 Å². The number of carbonyl (C=O) groups excluding carboxylic acids is 1. The van der Waals surface area contributed by atoms with Crippen molar-refractivity contribution in [2.75, 3.05) is 18.4 Å². The topological polar surface area (TPSA) is 75.3 Å². The summed E-state index contributed by atoms with van der Waals surface area (Å²) in [5.41, 5.74) is 1.30. The maximum absolute atomic E-state index is 12.5. The number of nitrogens with one attached hydrogen (secondary N) is 2. The Morgan fingerprint density at radius 2 is 1.89 bits per heavy atom. The van der Waals surface area contributed by atoms with Crippen molar-refractivity contribution in [2.45, 2.75) is 29.9 Å². The lowest BCUT2D eigenvalue weighted by Crippen LogP contribution is -2.15. The van der Waals surface area contributed by atoms with E-state index in [9.17, 15) is 13.2 Å². The van der Waals surface area contributed by atoms with Crippen molar-refractivity contribution in [1.82, 2.24) is 5.32 Å². The van der Waals surface area contributed by atoms with Gasteiger partial charge >= 0.3 is 0 Å². The lowest BCUT2D eigenvalue weighted by molar-refractivity contribution is -0.116. The van der Waals surface area contributed by atoms with Crippen LogP contribution < -0.4 is 10.6 Å². The van der Waals surface area contributed by atoms with Gasteiger partial charge in [-0.3, -0.25) is 4.79 Å². The first-order chi connectivity index (χ1) is 12.5. The van der Waals surface area contributed by atoms with E-state index in [0.29, 0.717) is 28.5 Å². The van der Waals surface area contributed by atoms with Gasteiger partial charge in [-0.1, -0.05) is 30.3 Å². The normalized spacial score (nSPS) is 16.5. The van der Waals surface area contributed by atoms with Crippen molar-refractivity contribution < 1.29 is 13.2 Å². The fourth-order valence-electron chi connectivity index (χ4n) is 3.19. The minimum Gasteiger partial charge on any atom is -0.326 e. The van der Waals surface area contributed by atoms with Gasteiger partial charge in [0.05, 0.1) is 10.6 Å². The lowest BCUT2D eigenvalue weighted by Gasteiger charge is -2.10. The molecular formula is C20H25ClN2O3S. The molecule has 2 N–H and O–H groups in total. The van der Waals surface area contributed by atoms with Crippen LogP contribution in [-0.4, -0.2) is 27.4 Å². The zero-order valence-electron chi connectivity index (χ0n) is 15.1. The first-order valence-electron chi connectivity index (χ1n) is 8.90. The van der Waals surface area contributed by atoms with Crippen LogP contribution in [0.15, 0.2) is 59.5 Å². The number of hydrogen-bond acceptors (Lipinski definition) is 4. The molecule has 5 nitrogen and oxygen atoms in total. The van der Waals surface area contributed by atoms with E-state index in [1.165, 1.54) is 0 Å². The SMILES string of the molecule is Cl.O=C(CCC1CCNC1)Nc1cccc(CS(=O)(=O)c2ccccc2)c1. The largest absolute Gasteiger partial charge is 0.326 e. The average Bonchev–Trinajstić information content (AvgIpc) is 3.14. The fourth-order valence-corrected chi connectivity index (χ4v) is 4.55. The molecule has 146 valence electrons. The molecule has 2 aromatic carbocycles. The monoisotopic (exact) mass is 408 g/mol. The second-order valence-electron chi connectivity index (χ2n) is 6.72. The Kier molecular flexibility index (Phi) is 7.83. The van der Waals surface area contributed by atoms with Crippen molar-refractivity contribution in [2.24, 2.45) is 5.92 Å². The highest BCUT2D eigenvalue weighted by molar-refractivity contribution is 7.90.